The number of rotatable bonds is 3. The zero-order valence-electron chi connectivity index (χ0n) is 16.0. The molecule has 0 aliphatic carbocycles. The van der Waals surface area contributed by atoms with Gasteiger partial charge in [0.25, 0.3) is 0 Å². The number of hydrogen-bond acceptors (Lipinski definition) is 5. The molecule has 8 heteroatoms. The summed E-state index contributed by atoms with van der Waals surface area (Å²) in [6.45, 7) is 0.503. The van der Waals surface area contributed by atoms with E-state index in [-0.39, 0.29) is 6.61 Å². The lowest BCUT2D eigenvalue weighted by Gasteiger charge is -2.17. The number of anilines is 1. The first-order valence-corrected chi connectivity index (χ1v) is 9.22. The second-order valence-corrected chi connectivity index (χ2v) is 6.95. The molecule has 0 fully saturated rings. The third kappa shape index (κ3) is 2.98. The van der Waals surface area contributed by atoms with Crippen molar-refractivity contribution >= 4 is 22.8 Å². The van der Waals surface area contributed by atoms with Crippen LogP contribution in [0.15, 0.2) is 48.7 Å². The highest BCUT2D eigenvalue weighted by atomic mass is 16.5. The van der Waals surface area contributed by atoms with E-state index in [1.54, 1.807) is 22.6 Å². The topological polar surface area (TPSA) is 83.2 Å². The van der Waals surface area contributed by atoms with Crippen molar-refractivity contribution in [3.05, 3.63) is 59.8 Å². The Labute approximate surface area is 166 Å². The molecule has 0 unspecified atom stereocenters. The highest BCUT2D eigenvalue weighted by Gasteiger charge is 2.26. The van der Waals surface area contributed by atoms with Crippen molar-refractivity contribution in [2.24, 2.45) is 14.1 Å². The molecule has 8 nitrogen and oxygen atoms in total. The van der Waals surface area contributed by atoms with Crippen LogP contribution in [0.1, 0.15) is 11.1 Å². The van der Waals surface area contributed by atoms with Gasteiger partial charge in [0.2, 0.25) is 0 Å². The summed E-state index contributed by atoms with van der Waals surface area (Å²) < 4.78 is 14.7. The fourth-order valence-corrected chi connectivity index (χ4v) is 3.60. The van der Waals surface area contributed by atoms with Gasteiger partial charge in [-0.2, -0.15) is 10.2 Å². The molecule has 0 atom stereocenters. The number of hydrogen-bond donors (Lipinski definition) is 1. The number of carbonyl (C=O) groups is 1. The van der Waals surface area contributed by atoms with Crippen molar-refractivity contribution in [1.82, 2.24) is 19.6 Å². The smallest absolute Gasteiger partial charge is 0.413 e. The molecule has 5 rings (SSSR count). The number of nitrogens with zero attached hydrogens (tertiary/aromatic N) is 4. The van der Waals surface area contributed by atoms with Gasteiger partial charge in [-0.3, -0.25) is 14.7 Å². The number of aryl methyl sites for hydroxylation is 2. The molecule has 1 N–H and O–H groups in total. The molecule has 1 aliphatic heterocycles. The molecule has 2 aromatic carbocycles. The van der Waals surface area contributed by atoms with Crippen LogP contribution in [-0.4, -0.2) is 25.7 Å². The van der Waals surface area contributed by atoms with Gasteiger partial charge in [0.05, 0.1) is 17.3 Å². The minimum Gasteiger partial charge on any atom is -0.488 e. The van der Waals surface area contributed by atoms with Gasteiger partial charge in [-0.15, -0.1) is 0 Å². The molecule has 0 spiro atoms. The van der Waals surface area contributed by atoms with Crippen LogP contribution in [0.5, 0.6) is 5.75 Å². The van der Waals surface area contributed by atoms with Crippen LogP contribution in [0, 0.1) is 0 Å². The number of benzene rings is 2. The van der Waals surface area contributed by atoms with Gasteiger partial charge < -0.3 is 9.47 Å². The molecular weight excluding hydrogens is 370 g/mol. The van der Waals surface area contributed by atoms with Crippen LogP contribution in [0.25, 0.3) is 22.2 Å². The molecule has 0 radical (unpaired) electrons. The van der Waals surface area contributed by atoms with Crippen molar-refractivity contribution in [3.8, 4) is 17.0 Å². The van der Waals surface area contributed by atoms with Crippen molar-refractivity contribution in [2.75, 3.05) is 5.32 Å². The molecular formula is C21H19N5O3. The van der Waals surface area contributed by atoms with Crippen LogP contribution in [0.2, 0.25) is 0 Å². The molecule has 2 aromatic heterocycles. The molecule has 1 amide bonds. The molecule has 3 heterocycles. The SMILES string of the molecule is Cn1nc2c(c1NC(=O)OCc1ccc3c(cnn3C)c1)COc1ccccc1-2. The summed E-state index contributed by atoms with van der Waals surface area (Å²) in [6, 6.07) is 13.6. The maximum atomic E-state index is 12.4. The maximum Gasteiger partial charge on any atom is 0.413 e. The summed E-state index contributed by atoms with van der Waals surface area (Å²) >= 11 is 0. The van der Waals surface area contributed by atoms with Gasteiger partial charge in [-0.1, -0.05) is 18.2 Å². The number of fused-ring (bicyclic) bond motifs is 4. The Bertz CT molecular complexity index is 1240. The number of para-hydroxylation sites is 1. The van der Waals surface area contributed by atoms with Crippen LogP contribution >= 0.6 is 0 Å². The number of aromatic nitrogens is 4. The Hall–Kier alpha value is -3.81. The van der Waals surface area contributed by atoms with E-state index in [1.165, 1.54) is 0 Å². The Morgan fingerprint density at radius 1 is 1.21 bits per heavy atom. The van der Waals surface area contributed by atoms with E-state index in [0.29, 0.717) is 12.4 Å². The van der Waals surface area contributed by atoms with Gasteiger partial charge >= 0.3 is 6.09 Å². The summed E-state index contributed by atoms with van der Waals surface area (Å²) in [5.74, 6) is 1.36. The van der Waals surface area contributed by atoms with Crippen molar-refractivity contribution in [2.45, 2.75) is 13.2 Å². The third-order valence-electron chi connectivity index (χ3n) is 5.06. The molecule has 1 aliphatic rings. The van der Waals surface area contributed by atoms with E-state index in [4.69, 9.17) is 9.47 Å². The van der Waals surface area contributed by atoms with Gasteiger partial charge in [0.1, 0.15) is 30.5 Å². The van der Waals surface area contributed by atoms with Crippen LogP contribution in [-0.2, 0) is 32.0 Å². The largest absolute Gasteiger partial charge is 0.488 e. The minimum atomic E-state index is -0.541. The van der Waals surface area contributed by atoms with E-state index >= 15 is 0 Å². The van der Waals surface area contributed by atoms with E-state index in [0.717, 1.165) is 39.0 Å². The molecule has 146 valence electrons. The second kappa shape index (κ2) is 6.66. The summed E-state index contributed by atoms with van der Waals surface area (Å²) in [5, 5.41) is 12.6. The first-order chi connectivity index (χ1) is 14.1. The number of nitrogens with one attached hydrogen (secondary N) is 1. The van der Waals surface area contributed by atoms with Gasteiger partial charge in [0, 0.05) is 25.0 Å². The Morgan fingerprint density at radius 3 is 2.97 bits per heavy atom. The minimum absolute atomic E-state index is 0.163. The van der Waals surface area contributed by atoms with Gasteiger partial charge in [0.15, 0.2) is 0 Å². The zero-order chi connectivity index (χ0) is 20.0. The molecule has 4 aromatic rings. The Morgan fingerprint density at radius 2 is 2.07 bits per heavy atom. The lowest BCUT2D eigenvalue weighted by Crippen LogP contribution is -2.17. The normalized spacial score (nSPS) is 12.2. The van der Waals surface area contributed by atoms with Gasteiger partial charge in [-0.05, 0) is 29.8 Å². The van der Waals surface area contributed by atoms with Gasteiger partial charge in [-0.25, -0.2) is 4.79 Å². The summed E-state index contributed by atoms with van der Waals surface area (Å²) in [7, 11) is 3.68. The Balaban J connectivity index is 1.32. The van der Waals surface area contributed by atoms with Crippen molar-refractivity contribution < 1.29 is 14.3 Å². The lowest BCUT2D eigenvalue weighted by atomic mass is 10.0. The van der Waals surface area contributed by atoms with Crippen molar-refractivity contribution in [1.29, 1.82) is 0 Å². The quantitative estimate of drug-likeness (QED) is 0.579. The average Bonchev–Trinajstić information content (AvgIpc) is 3.26. The van der Waals surface area contributed by atoms with Crippen LogP contribution in [0.3, 0.4) is 0 Å². The zero-order valence-corrected chi connectivity index (χ0v) is 16.0. The monoisotopic (exact) mass is 389 g/mol. The van der Waals surface area contributed by atoms with E-state index in [9.17, 15) is 4.79 Å². The summed E-state index contributed by atoms with van der Waals surface area (Å²) in [6.07, 6.45) is 1.25. The third-order valence-corrected chi connectivity index (χ3v) is 5.06. The van der Waals surface area contributed by atoms with E-state index < -0.39 is 6.09 Å². The van der Waals surface area contributed by atoms with Crippen LogP contribution < -0.4 is 10.1 Å². The molecule has 29 heavy (non-hydrogen) atoms. The lowest BCUT2D eigenvalue weighted by molar-refractivity contribution is 0.155. The molecule has 0 bridgehead atoms. The number of ether oxygens (including phenoxy) is 2. The fraction of sp³-hybridized carbons (Fsp3) is 0.190. The number of amides is 1. The predicted octanol–water partition coefficient (Wildman–Crippen LogP) is 3.61. The first-order valence-electron chi connectivity index (χ1n) is 9.22. The highest BCUT2D eigenvalue weighted by Crippen LogP contribution is 2.39. The standard InChI is InChI=1S/C21H19N5O3/c1-25-17-8-7-13(9-14(17)10-22-25)11-29-21(27)23-20-16-12-28-18-6-4-3-5-15(18)19(16)24-26(20)2/h3-10H,11-12H2,1-2H3,(H,23,27). The molecule has 0 saturated heterocycles. The average molecular weight is 389 g/mol. The summed E-state index contributed by atoms with van der Waals surface area (Å²) in [4.78, 5) is 12.4. The van der Waals surface area contributed by atoms with Crippen molar-refractivity contribution in [3.63, 3.8) is 0 Å². The summed E-state index contributed by atoms with van der Waals surface area (Å²) in [5.41, 5.74) is 4.48. The predicted molar refractivity (Wildman–Crippen MR) is 107 cm³/mol. The van der Waals surface area contributed by atoms with E-state index in [1.807, 2.05) is 49.5 Å². The maximum absolute atomic E-state index is 12.4. The van der Waals surface area contributed by atoms with E-state index in [2.05, 4.69) is 15.5 Å². The Kier molecular flexibility index (Phi) is 3.97. The number of carbonyl (C=O) groups excluding carboxylic acids is 1. The first kappa shape index (κ1) is 17.3. The van der Waals surface area contributed by atoms with Crippen LogP contribution in [0.4, 0.5) is 10.6 Å². The second-order valence-electron chi connectivity index (χ2n) is 6.95. The highest BCUT2D eigenvalue weighted by molar-refractivity contribution is 5.87. The fourth-order valence-electron chi connectivity index (χ4n) is 3.60. The molecule has 0 saturated carbocycles.